The first-order chi connectivity index (χ1) is 11.9. The van der Waals surface area contributed by atoms with Crippen LogP contribution >= 0.6 is 0 Å². The van der Waals surface area contributed by atoms with E-state index >= 15 is 0 Å². The van der Waals surface area contributed by atoms with Crippen LogP contribution in [0.25, 0.3) is 11.1 Å². The van der Waals surface area contributed by atoms with Crippen molar-refractivity contribution < 1.29 is 12.8 Å². The van der Waals surface area contributed by atoms with Crippen LogP contribution in [0.5, 0.6) is 0 Å². The molecule has 2 nitrogen and oxygen atoms in total. The fraction of sp³-hybridized carbons (Fsp3) is 0.238. The predicted octanol–water partition coefficient (Wildman–Crippen LogP) is 4.88. The zero-order valence-electron chi connectivity index (χ0n) is 14.0. The van der Waals surface area contributed by atoms with Crippen LogP contribution in [-0.4, -0.2) is 14.7 Å². The van der Waals surface area contributed by atoms with Crippen molar-refractivity contribution in [2.45, 2.75) is 24.2 Å². The van der Waals surface area contributed by atoms with Gasteiger partial charge in [-0.05, 0) is 59.4 Å². The average Bonchev–Trinajstić information content (AvgIpc) is 2.96. The Morgan fingerprint density at radius 1 is 0.840 bits per heavy atom. The van der Waals surface area contributed by atoms with Crippen molar-refractivity contribution in [3.05, 3.63) is 77.6 Å². The molecule has 0 aromatic heterocycles. The van der Waals surface area contributed by atoms with E-state index in [4.69, 9.17) is 0 Å². The Kier molecular flexibility index (Phi) is 3.69. The molecule has 2 aromatic carbocycles. The maximum atomic E-state index is 13.3. The van der Waals surface area contributed by atoms with Gasteiger partial charge in [-0.1, -0.05) is 42.8 Å². The standard InChI is InChI=1S/C21H19FO2S/c1-25(23,24)18-9-5-16(6-10-18)20-14-21(11-2-12-21)13-19(20)15-3-7-17(22)8-4-15/h3-10,13-14H,2,11-12H2,1H3. The normalized spacial score (nSPS) is 18.6. The lowest BCUT2D eigenvalue weighted by atomic mass is 9.70. The van der Waals surface area contributed by atoms with Gasteiger partial charge in [0, 0.05) is 11.7 Å². The van der Waals surface area contributed by atoms with Crippen molar-refractivity contribution in [3.8, 4) is 0 Å². The second kappa shape index (κ2) is 5.67. The van der Waals surface area contributed by atoms with E-state index in [2.05, 4.69) is 12.2 Å². The fourth-order valence-corrected chi connectivity index (χ4v) is 4.27. The van der Waals surface area contributed by atoms with Gasteiger partial charge in [-0.3, -0.25) is 0 Å². The molecule has 0 N–H and O–H groups in total. The highest BCUT2D eigenvalue weighted by Gasteiger charge is 2.38. The molecule has 128 valence electrons. The number of allylic oxidation sites excluding steroid dienone is 4. The lowest BCUT2D eigenvalue weighted by Crippen LogP contribution is -2.22. The molecule has 1 saturated carbocycles. The summed E-state index contributed by atoms with van der Waals surface area (Å²) in [5, 5.41) is 0. The van der Waals surface area contributed by atoms with Crippen molar-refractivity contribution in [1.82, 2.24) is 0 Å². The zero-order valence-corrected chi connectivity index (χ0v) is 14.8. The Morgan fingerprint density at radius 3 is 1.72 bits per heavy atom. The molecule has 0 atom stereocenters. The van der Waals surface area contributed by atoms with Gasteiger partial charge in [-0.25, -0.2) is 12.8 Å². The quantitative estimate of drug-likeness (QED) is 0.787. The lowest BCUT2D eigenvalue weighted by Gasteiger charge is -2.34. The van der Waals surface area contributed by atoms with Gasteiger partial charge in [0.05, 0.1) is 4.90 Å². The van der Waals surface area contributed by atoms with Crippen molar-refractivity contribution in [2.75, 3.05) is 6.26 Å². The third-order valence-corrected chi connectivity index (χ3v) is 6.32. The Morgan fingerprint density at radius 2 is 1.32 bits per heavy atom. The highest BCUT2D eigenvalue weighted by molar-refractivity contribution is 7.90. The van der Waals surface area contributed by atoms with Crippen LogP contribution in [0, 0.1) is 11.2 Å². The van der Waals surface area contributed by atoms with Crippen LogP contribution in [0.3, 0.4) is 0 Å². The third-order valence-electron chi connectivity index (χ3n) is 5.19. The topological polar surface area (TPSA) is 34.1 Å². The van der Waals surface area contributed by atoms with Gasteiger partial charge in [0.15, 0.2) is 9.84 Å². The molecule has 1 spiro atoms. The number of sulfone groups is 1. The van der Waals surface area contributed by atoms with Gasteiger partial charge in [0.25, 0.3) is 0 Å². The Hall–Kier alpha value is -2.20. The molecule has 0 heterocycles. The molecule has 0 radical (unpaired) electrons. The van der Waals surface area contributed by atoms with Crippen LogP contribution in [0.15, 0.2) is 65.6 Å². The van der Waals surface area contributed by atoms with E-state index in [-0.39, 0.29) is 11.2 Å². The second-order valence-corrected chi connectivity index (χ2v) is 9.02. The Balaban J connectivity index is 1.77. The fourth-order valence-electron chi connectivity index (χ4n) is 3.63. The number of halogens is 1. The number of hydrogen-bond donors (Lipinski definition) is 0. The molecule has 0 saturated heterocycles. The average molecular weight is 354 g/mol. The molecule has 0 unspecified atom stereocenters. The van der Waals surface area contributed by atoms with Gasteiger partial charge in [0.1, 0.15) is 5.82 Å². The van der Waals surface area contributed by atoms with E-state index < -0.39 is 9.84 Å². The van der Waals surface area contributed by atoms with Crippen molar-refractivity contribution in [2.24, 2.45) is 5.41 Å². The zero-order chi connectivity index (χ0) is 17.7. The molecule has 2 aliphatic rings. The first kappa shape index (κ1) is 16.3. The lowest BCUT2D eigenvalue weighted by molar-refractivity contribution is 0.282. The second-order valence-electron chi connectivity index (χ2n) is 7.01. The smallest absolute Gasteiger partial charge is 0.175 e. The van der Waals surface area contributed by atoms with Gasteiger partial charge < -0.3 is 0 Å². The maximum Gasteiger partial charge on any atom is 0.175 e. The van der Waals surface area contributed by atoms with Crippen LogP contribution in [0.1, 0.15) is 30.4 Å². The summed E-state index contributed by atoms with van der Waals surface area (Å²) in [6.07, 6.45) is 9.27. The van der Waals surface area contributed by atoms with Crippen LogP contribution in [0.2, 0.25) is 0 Å². The minimum absolute atomic E-state index is 0.106. The minimum Gasteiger partial charge on any atom is -0.224 e. The van der Waals surface area contributed by atoms with E-state index in [1.807, 2.05) is 12.1 Å². The van der Waals surface area contributed by atoms with E-state index in [0.717, 1.165) is 35.1 Å². The highest BCUT2D eigenvalue weighted by Crippen LogP contribution is 2.53. The molecule has 0 bridgehead atoms. The van der Waals surface area contributed by atoms with Gasteiger partial charge in [-0.2, -0.15) is 0 Å². The summed E-state index contributed by atoms with van der Waals surface area (Å²) in [5.74, 6) is -0.247. The molecular weight excluding hydrogens is 335 g/mol. The number of rotatable bonds is 3. The monoisotopic (exact) mass is 354 g/mol. The summed E-state index contributed by atoms with van der Waals surface area (Å²) >= 11 is 0. The predicted molar refractivity (Wildman–Crippen MR) is 98.2 cm³/mol. The summed E-state index contributed by atoms with van der Waals surface area (Å²) in [7, 11) is -3.21. The molecule has 1 fully saturated rings. The summed E-state index contributed by atoms with van der Waals surface area (Å²) < 4.78 is 36.6. The molecule has 4 heteroatoms. The van der Waals surface area contributed by atoms with Crippen LogP contribution in [-0.2, 0) is 9.84 Å². The molecule has 4 rings (SSSR count). The van der Waals surface area contributed by atoms with E-state index in [1.165, 1.54) is 24.8 Å². The molecule has 0 aliphatic heterocycles. The molecule has 25 heavy (non-hydrogen) atoms. The van der Waals surface area contributed by atoms with Crippen LogP contribution < -0.4 is 0 Å². The highest BCUT2D eigenvalue weighted by atomic mass is 32.2. The summed E-state index contributed by atoms with van der Waals surface area (Å²) in [6.45, 7) is 0. The minimum atomic E-state index is -3.21. The summed E-state index contributed by atoms with van der Waals surface area (Å²) in [4.78, 5) is 0.320. The van der Waals surface area contributed by atoms with E-state index in [1.54, 1.807) is 24.3 Å². The number of hydrogen-bond acceptors (Lipinski definition) is 2. The van der Waals surface area contributed by atoms with Gasteiger partial charge in [-0.15, -0.1) is 0 Å². The van der Waals surface area contributed by atoms with Crippen molar-refractivity contribution in [3.63, 3.8) is 0 Å². The molecule has 2 aromatic rings. The number of benzene rings is 2. The van der Waals surface area contributed by atoms with Gasteiger partial charge >= 0.3 is 0 Å². The first-order valence-electron chi connectivity index (χ1n) is 8.39. The maximum absolute atomic E-state index is 13.3. The van der Waals surface area contributed by atoms with Gasteiger partial charge in [0.2, 0.25) is 0 Å². The SMILES string of the molecule is CS(=O)(=O)c1ccc(C2=CC3(C=C2c2ccc(F)cc2)CCC3)cc1. The largest absolute Gasteiger partial charge is 0.224 e. The molecular formula is C21H19FO2S. The third kappa shape index (κ3) is 2.95. The summed E-state index contributed by atoms with van der Waals surface area (Å²) in [6, 6.07) is 13.6. The Bertz CT molecular complexity index is 977. The molecule has 2 aliphatic carbocycles. The van der Waals surface area contributed by atoms with Crippen LogP contribution in [0.4, 0.5) is 4.39 Å². The van der Waals surface area contributed by atoms with Crippen molar-refractivity contribution in [1.29, 1.82) is 0 Å². The molecule has 0 amide bonds. The first-order valence-corrected chi connectivity index (χ1v) is 10.3. The van der Waals surface area contributed by atoms with Crippen molar-refractivity contribution >= 4 is 21.0 Å². The Labute approximate surface area is 147 Å². The summed E-state index contributed by atoms with van der Waals surface area (Å²) in [5.41, 5.74) is 4.29. The van der Waals surface area contributed by atoms with E-state index in [9.17, 15) is 12.8 Å². The van der Waals surface area contributed by atoms with E-state index in [0.29, 0.717) is 4.90 Å².